The van der Waals surface area contributed by atoms with Gasteiger partial charge in [0.25, 0.3) is 0 Å². The fourth-order valence-corrected chi connectivity index (χ4v) is 1.93. The fraction of sp³-hybridized carbons (Fsp3) is 0.600. The molecule has 2 unspecified atom stereocenters. The van der Waals surface area contributed by atoms with Crippen molar-refractivity contribution in [3.8, 4) is 0 Å². The molecule has 96 valence electrons. The Morgan fingerprint density at radius 3 is 2.29 bits per heavy atom. The topological polar surface area (TPSA) is 21.3 Å². The van der Waals surface area contributed by atoms with Gasteiger partial charge in [-0.3, -0.25) is 0 Å². The third kappa shape index (κ3) is 4.88. The molecule has 0 aromatic heterocycles. The zero-order valence-corrected chi connectivity index (χ0v) is 11.4. The van der Waals surface area contributed by atoms with Crippen LogP contribution in [0.25, 0.3) is 0 Å². The Morgan fingerprint density at radius 1 is 1.12 bits per heavy atom. The number of hydrogen-bond donors (Lipinski definition) is 1. The van der Waals surface area contributed by atoms with Gasteiger partial charge in [-0.25, -0.2) is 0 Å². The maximum atomic E-state index is 5.74. The summed E-state index contributed by atoms with van der Waals surface area (Å²) in [5.74, 6) is 0.467. The highest BCUT2D eigenvalue weighted by Gasteiger charge is 2.18. The standard InChI is InChI=1S/C15H25NO/c1-5-16-15(11-17-12(2)3)13(4)14-9-7-6-8-10-14/h6-10,12-13,15-16H,5,11H2,1-4H3. The van der Waals surface area contributed by atoms with Gasteiger partial charge >= 0.3 is 0 Å². The second-order valence-electron chi connectivity index (χ2n) is 4.75. The van der Waals surface area contributed by atoms with Crippen LogP contribution in [0.3, 0.4) is 0 Å². The predicted octanol–water partition coefficient (Wildman–Crippen LogP) is 3.19. The molecule has 1 aromatic carbocycles. The average Bonchev–Trinajstić information content (AvgIpc) is 2.34. The van der Waals surface area contributed by atoms with Gasteiger partial charge in [-0.05, 0) is 31.9 Å². The van der Waals surface area contributed by atoms with E-state index in [9.17, 15) is 0 Å². The largest absolute Gasteiger partial charge is 0.377 e. The van der Waals surface area contributed by atoms with Crippen LogP contribution in [-0.4, -0.2) is 25.3 Å². The second kappa shape index (κ2) is 7.46. The van der Waals surface area contributed by atoms with Crippen molar-refractivity contribution in [2.24, 2.45) is 0 Å². The minimum absolute atomic E-state index is 0.291. The van der Waals surface area contributed by atoms with Crippen molar-refractivity contribution in [1.29, 1.82) is 0 Å². The van der Waals surface area contributed by atoms with Crippen LogP contribution < -0.4 is 5.32 Å². The first-order valence-corrected chi connectivity index (χ1v) is 6.55. The van der Waals surface area contributed by atoms with Crippen LogP contribution in [-0.2, 0) is 4.74 Å². The van der Waals surface area contributed by atoms with Crippen molar-refractivity contribution in [3.05, 3.63) is 35.9 Å². The van der Waals surface area contributed by atoms with Gasteiger partial charge in [-0.1, -0.05) is 44.2 Å². The van der Waals surface area contributed by atoms with Crippen LogP contribution >= 0.6 is 0 Å². The van der Waals surface area contributed by atoms with E-state index in [0.717, 1.165) is 13.2 Å². The number of rotatable bonds is 7. The van der Waals surface area contributed by atoms with Crippen LogP contribution in [0.15, 0.2) is 30.3 Å². The molecule has 1 N–H and O–H groups in total. The van der Waals surface area contributed by atoms with Gasteiger partial charge in [0.15, 0.2) is 0 Å². The highest BCUT2D eigenvalue weighted by Crippen LogP contribution is 2.19. The molecule has 0 saturated carbocycles. The van der Waals surface area contributed by atoms with Gasteiger partial charge in [0.05, 0.1) is 12.7 Å². The van der Waals surface area contributed by atoms with Crippen molar-refractivity contribution in [1.82, 2.24) is 5.32 Å². The monoisotopic (exact) mass is 235 g/mol. The normalized spacial score (nSPS) is 14.9. The molecule has 0 bridgehead atoms. The van der Waals surface area contributed by atoms with Gasteiger partial charge in [-0.2, -0.15) is 0 Å². The van der Waals surface area contributed by atoms with Crippen LogP contribution in [0.5, 0.6) is 0 Å². The highest BCUT2D eigenvalue weighted by molar-refractivity contribution is 5.20. The summed E-state index contributed by atoms with van der Waals surface area (Å²) >= 11 is 0. The zero-order valence-electron chi connectivity index (χ0n) is 11.4. The lowest BCUT2D eigenvalue weighted by Crippen LogP contribution is -2.38. The maximum Gasteiger partial charge on any atom is 0.0628 e. The van der Waals surface area contributed by atoms with E-state index in [2.05, 4.69) is 63.3 Å². The zero-order chi connectivity index (χ0) is 12.7. The van der Waals surface area contributed by atoms with Crippen molar-refractivity contribution in [3.63, 3.8) is 0 Å². The molecule has 0 amide bonds. The summed E-state index contributed by atoms with van der Waals surface area (Å²) in [4.78, 5) is 0. The summed E-state index contributed by atoms with van der Waals surface area (Å²) in [6, 6.07) is 11.0. The molecular weight excluding hydrogens is 210 g/mol. The molecule has 0 fully saturated rings. The molecule has 0 aliphatic carbocycles. The Kier molecular flexibility index (Phi) is 6.23. The SMILES string of the molecule is CCNC(COC(C)C)C(C)c1ccccc1. The lowest BCUT2D eigenvalue weighted by Gasteiger charge is -2.26. The van der Waals surface area contributed by atoms with E-state index in [4.69, 9.17) is 4.74 Å². The van der Waals surface area contributed by atoms with Gasteiger partial charge < -0.3 is 10.1 Å². The lowest BCUT2D eigenvalue weighted by molar-refractivity contribution is 0.0570. The smallest absolute Gasteiger partial charge is 0.0628 e. The van der Waals surface area contributed by atoms with E-state index in [-0.39, 0.29) is 0 Å². The molecule has 1 rings (SSSR count). The summed E-state index contributed by atoms with van der Waals surface area (Å²) in [6.07, 6.45) is 0.291. The number of nitrogens with one attached hydrogen (secondary N) is 1. The number of ether oxygens (including phenoxy) is 1. The van der Waals surface area contributed by atoms with Gasteiger partial charge in [-0.15, -0.1) is 0 Å². The molecule has 0 saturated heterocycles. The first-order chi connectivity index (χ1) is 8.15. The molecule has 17 heavy (non-hydrogen) atoms. The number of likely N-dealkylation sites (N-methyl/N-ethyl adjacent to an activating group) is 1. The van der Waals surface area contributed by atoms with Crippen LogP contribution in [0, 0.1) is 0 Å². The summed E-state index contributed by atoms with van der Waals surface area (Å²) < 4.78 is 5.74. The molecule has 0 aliphatic heterocycles. The van der Waals surface area contributed by atoms with Gasteiger partial charge in [0, 0.05) is 6.04 Å². The van der Waals surface area contributed by atoms with Crippen molar-refractivity contribution in [2.75, 3.05) is 13.2 Å². The minimum Gasteiger partial charge on any atom is -0.377 e. The molecule has 0 radical (unpaired) electrons. The van der Waals surface area contributed by atoms with E-state index in [1.165, 1.54) is 5.56 Å². The quantitative estimate of drug-likeness (QED) is 0.783. The molecule has 0 heterocycles. The molecular formula is C15H25NO. The van der Waals surface area contributed by atoms with E-state index in [1.54, 1.807) is 0 Å². The maximum absolute atomic E-state index is 5.74. The van der Waals surface area contributed by atoms with Crippen molar-refractivity contribution >= 4 is 0 Å². The molecule has 2 nitrogen and oxygen atoms in total. The fourth-order valence-electron chi connectivity index (χ4n) is 1.93. The first-order valence-electron chi connectivity index (χ1n) is 6.55. The third-order valence-electron chi connectivity index (χ3n) is 3.00. The Hall–Kier alpha value is -0.860. The van der Waals surface area contributed by atoms with E-state index in [0.29, 0.717) is 18.1 Å². The first kappa shape index (κ1) is 14.2. The summed E-state index contributed by atoms with van der Waals surface area (Å²) in [6.45, 7) is 10.3. The Bertz CT molecular complexity index is 297. The molecule has 2 heteroatoms. The van der Waals surface area contributed by atoms with Gasteiger partial charge in [0.1, 0.15) is 0 Å². The lowest BCUT2D eigenvalue weighted by atomic mass is 9.94. The Balaban J connectivity index is 2.63. The average molecular weight is 235 g/mol. The van der Waals surface area contributed by atoms with E-state index in [1.807, 2.05) is 0 Å². The van der Waals surface area contributed by atoms with Gasteiger partial charge in [0.2, 0.25) is 0 Å². The van der Waals surface area contributed by atoms with Crippen LogP contribution in [0.1, 0.15) is 39.2 Å². The third-order valence-corrected chi connectivity index (χ3v) is 3.00. The minimum atomic E-state index is 0.291. The molecule has 1 aromatic rings. The Labute approximate surface area is 105 Å². The van der Waals surface area contributed by atoms with E-state index < -0.39 is 0 Å². The Morgan fingerprint density at radius 2 is 1.76 bits per heavy atom. The number of hydrogen-bond acceptors (Lipinski definition) is 2. The molecule has 0 aliphatic rings. The summed E-state index contributed by atoms with van der Waals surface area (Å²) in [5, 5.41) is 3.51. The molecule has 2 atom stereocenters. The van der Waals surface area contributed by atoms with Crippen molar-refractivity contribution in [2.45, 2.75) is 45.8 Å². The van der Waals surface area contributed by atoms with Crippen LogP contribution in [0.4, 0.5) is 0 Å². The summed E-state index contributed by atoms with van der Waals surface area (Å²) in [5.41, 5.74) is 1.37. The molecule has 0 spiro atoms. The number of benzene rings is 1. The van der Waals surface area contributed by atoms with E-state index >= 15 is 0 Å². The second-order valence-corrected chi connectivity index (χ2v) is 4.75. The predicted molar refractivity (Wildman–Crippen MR) is 73.4 cm³/mol. The van der Waals surface area contributed by atoms with Crippen molar-refractivity contribution < 1.29 is 4.74 Å². The summed E-state index contributed by atoms with van der Waals surface area (Å²) in [7, 11) is 0. The van der Waals surface area contributed by atoms with Crippen LogP contribution in [0.2, 0.25) is 0 Å². The highest BCUT2D eigenvalue weighted by atomic mass is 16.5.